The van der Waals surface area contributed by atoms with Crippen molar-refractivity contribution in [2.45, 2.75) is 37.1 Å². The summed E-state index contributed by atoms with van der Waals surface area (Å²) >= 11 is 0. The molecule has 0 bridgehead atoms. The minimum Gasteiger partial charge on any atom is -0.480 e. The second-order valence-corrected chi connectivity index (χ2v) is 7.78. The molecule has 104 valence electrons. The molecule has 1 aliphatic heterocycles. The Morgan fingerprint density at radius 3 is 2.53 bits per heavy atom. The van der Waals surface area contributed by atoms with Crippen LogP contribution >= 0.6 is 0 Å². The maximum atomic E-state index is 12.2. The zero-order valence-electron chi connectivity index (χ0n) is 11.1. The average molecular weight is 283 g/mol. The average Bonchev–Trinajstić information content (AvgIpc) is 2.26. The number of hydrogen-bond donors (Lipinski definition) is 2. The molecule has 1 heterocycles. The van der Waals surface area contributed by atoms with Crippen molar-refractivity contribution in [1.82, 2.24) is 0 Å². The summed E-state index contributed by atoms with van der Waals surface area (Å²) in [6, 6.07) is 4.02. The van der Waals surface area contributed by atoms with E-state index in [4.69, 9.17) is 5.11 Å². The summed E-state index contributed by atoms with van der Waals surface area (Å²) in [6.07, 6.45) is 0. The van der Waals surface area contributed by atoms with E-state index in [-0.39, 0.29) is 10.3 Å². The van der Waals surface area contributed by atoms with E-state index in [2.05, 4.69) is 5.32 Å². The van der Waals surface area contributed by atoms with Crippen LogP contribution in [0.5, 0.6) is 0 Å². The number of benzene rings is 1. The topological polar surface area (TPSA) is 83.5 Å². The Balaban J connectivity index is 2.55. The third kappa shape index (κ3) is 2.58. The molecule has 1 aromatic carbocycles. The fraction of sp³-hybridized carbons (Fsp3) is 0.462. The van der Waals surface area contributed by atoms with Crippen molar-refractivity contribution in [2.75, 3.05) is 11.1 Å². The number of hydrogen-bond acceptors (Lipinski definition) is 4. The Morgan fingerprint density at radius 2 is 2.00 bits per heavy atom. The van der Waals surface area contributed by atoms with Gasteiger partial charge in [-0.05, 0) is 23.1 Å². The lowest BCUT2D eigenvalue weighted by molar-refractivity contribution is -0.137. The van der Waals surface area contributed by atoms with Crippen molar-refractivity contribution in [3.05, 3.63) is 23.8 Å². The Kier molecular flexibility index (Phi) is 3.09. The SMILES string of the molecule is CC(C)(C)c1ccc2c(c1)S(=O)(=O)CC(C(=O)O)N2. The van der Waals surface area contributed by atoms with Crippen LogP contribution in [0.4, 0.5) is 5.69 Å². The zero-order chi connectivity index (χ0) is 14.4. The fourth-order valence-electron chi connectivity index (χ4n) is 2.04. The molecule has 0 radical (unpaired) electrons. The van der Waals surface area contributed by atoms with E-state index in [9.17, 15) is 13.2 Å². The van der Waals surface area contributed by atoms with Gasteiger partial charge in [0.05, 0.1) is 16.3 Å². The van der Waals surface area contributed by atoms with Crippen LogP contribution in [0, 0.1) is 0 Å². The third-order valence-corrected chi connectivity index (χ3v) is 4.98. The molecule has 1 aliphatic rings. The van der Waals surface area contributed by atoms with E-state index in [1.165, 1.54) is 0 Å². The predicted molar refractivity (Wildman–Crippen MR) is 72.2 cm³/mol. The van der Waals surface area contributed by atoms with Crippen LogP contribution < -0.4 is 5.32 Å². The van der Waals surface area contributed by atoms with Crippen LogP contribution in [0.15, 0.2) is 23.1 Å². The molecule has 2 N–H and O–H groups in total. The summed E-state index contributed by atoms with van der Waals surface area (Å²) < 4.78 is 24.3. The Bertz CT molecular complexity index is 629. The standard InChI is InChI=1S/C13H17NO4S/c1-13(2,3)8-4-5-9-11(6-8)19(17,18)7-10(14-9)12(15)16/h4-6,10,14H,7H2,1-3H3,(H,15,16). The van der Waals surface area contributed by atoms with Crippen LogP contribution in [0.1, 0.15) is 26.3 Å². The van der Waals surface area contributed by atoms with Crippen LogP contribution in [0.3, 0.4) is 0 Å². The van der Waals surface area contributed by atoms with Crippen molar-refractivity contribution in [1.29, 1.82) is 0 Å². The van der Waals surface area contributed by atoms with Gasteiger partial charge in [0.1, 0.15) is 6.04 Å². The highest BCUT2D eigenvalue weighted by molar-refractivity contribution is 7.91. The normalized spacial score (nSPS) is 21.3. The van der Waals surface area contributed by atoms with Crippen molar-refractivity contribution < 1.29 is 18.3 Å². The molecule has 1 aromatic rings. The molecule has 0 amide bonds. The molecule has 0 aliphatic carbocycles. The highest BCUT2D eigenvalue weighted by Crippen LogP contribution is 2.33. The first-order valence-corrected chi connectivity index (χ1v) is 7.63. The lowest BCUT2D eigenvalue weighted by Crippen LogP contribution is -2.40. The van der Waals surface area contributed by atoms with Gasteiger partial charge in [-0.3, -0.25) is 0 Å². The maximum Gasteiger partial charge on any atom is 0.327 e. The number of aliphatic carboxylic acids is 1. The zero-order valence-corrected chi connectivity index (χ0v) is 11.9. The first kappa shape index (κ1) is 13.9. The second kappa shape index (κ2) is 4.23. The lowest BCUT2D eigenvalue weighted by Gasteiger charge is -2.27. The van der Waals surface area contributed by atoms with Gasteiger partial charge in [0.2, 0.25) is 0 Å². The smallest absolute Gasteiger partial charge is 0.327 e. The number of rotatable bonds is 1. The number of carbonyl (C=O) groups is 1. The molecule has 19 heavy (non-hydrogen) atoms. The van der Waals surface area contributed by atoms with Gasteiger partial charge < -0.3 is 10.4 Å². The summed E-state index contributed by atoms with van der Waals surface area (Å²) in [5.41, 5.74) is 1.12. The molecular formula is C13H17NO4S. The van der Waals surface area contributed by atoms with Crippen LogP contribution in [-0.4, -0.2) is 31.3 Å². The molecule has 0 saturated carbocycles. The minimum absolute atomic E-state index is 0.159. The summed E-state index contributed by atoms with van der Waals surface area (Å²) in [5, 5.41) is 11.7. The molecule has 0 saturated heterocycles. The molecule has 1 atom stereocenters. The first-order valence-electron chi connectivity index (χ1n) is 5.98. The van der Waals surface area contributed by atoms with Gasteiger partial charge in [0, 0.05) is 0 Å². The van der Waals surface area contributed by atoms with Crippen LogP contribution in [0.25, 0.3) is 0 Å². The molecule has 0 fully saturated rings. The van der Waals surface area contributed by atoms with Crippen molar-refractivity contribution in [3.8, 4) is 0 Å². The number of carboxylic acid groups (broad SMARTS) is 1. The van der Waals surface area contributed by atoms with Crippen LogP contribution in [-0.2, 0) is 20.0 Å². The van der Waals surface area contributed by atoms with Crippen LogP contribution in [0.2, 0.25) is 0 Å². The van der Waals surface area contributed by atoms with Gasteiger partial charge >= 0.3 is 5.97 Å². The van der Waals surface area contributed by atoms with E-state index in [0.717, 1.165) is 5.56 Å². The van der Waals surface area contributed by atoms with Gasteiger partial charge in [-0.25, -0.2) is 13.2 Å². The lowest BCUT2D eigenvalue weighted by atomic mass is 9.87. The van der Waals surface area contributed by atoms with Gasteiger partial charge in [0.25, 0.3) is 0 Å². The largest absolute Gasteiger partial charge is 0.480 e. The number of carboxylic acids is 1. The number of nitrogens with one attached hydrogen (secondary N) is 1. The molecule has 2 rings (SSSR count). The number of sulfone groups is 1. The van der Waals surface area contributed by atoms with Crippen molar-refractivity contribution in [3.63, 3.8) is 0 Å². The number of fused-ring (bicyclic) bond motifs is 1. The van der Waals surface area contributed by atoms with Gasteiger partial charge in [-0.1, -0.05) is 26.8 Å². The summed E-state index contributed by atoms with van der Waals surface area (Å²) in [6.45, 7) is 5.99. The maximum absolute atomic E-state index is 12.2. The molecular weight excluding hydrogens is 266 g/mol. The highest BCUT2D eigenvalue weighted by Gasteiger charge is 2.34. The van der Waals surface area contributed by atoms with E-state index >= 15 is 0 Å². The Labute approximate surface area is 112 Å². The Hall–Kier alpha value is -1.56. The van der Waals surface area contributed by atoms with Crippen molar-refractivity contribution >= 4 is 21.5 Å². The highest BCUT2D eigenvalue weighted by atomic mass is 32.2. The molecule has 1 unspecified atom stereocenters. The van der Waals surface area contributed by atoms with Gasteiger partial charge in [0.15, 0.2) is 9.84 Å². The van der Waals surface area contributed by atoms with E-state index in [1.807, 2.05) is 26.8 Å². The van der Waals surface area contributed by atoms with E-state index in [1.54, 1.807) is 12.1 Å². The molecule has 6 heteroatoms. The first-order chi connectivity index (χ1) is 8.61. The van der Waals surface area contributed by atoms with Gasteiger partial charge in [-0.15, -0.1) is 0 Å². The quantitative estimate of drug-likeness (QED) is 0.818. The summed E-state index contributed by atoms with van der Waals surface area (Å²) in [4.78, 5) is 11.1. The fourth-order valence-corrected chi connectivity index (χ4v) is 3.65. The van der Waals surface area contributed by atoms with E-state index in [0.29, 0.717) is 5.69 Å². The summed E-state index contributed by atoms with van der Waals surface area (Å²) in [5.74, 6) is -1.57. The monoisotopic (exact) mass is 283 g/mol. The molecule has 0 spiro atoms. The predicted octanol–water partition coefficient (Wildman–Crippen LogP) is 1.64. The molecule has 5 nitrogen and oxygen atoms in total. The Morgan fingerprint density at radius 1 is 1.37 bits per heavy atom. The third-order valence-electron chi connectivity index (χ3n) is 3.20. The summed E-state index contributed by atoms with van der Waals surface area (Å²) in [7, 11) is -3.56. The van der Waals surface area contributed by atoms with Gasteiger partial charge in [-0.2, -0.15) is 0 Å². The number of anilines is 1. The minimum atomic E-state index is -3.56. The molecule has 0 aromatic heterocycles. The second-order valence-electron chi connectivity index (χ2n) is 5.78. The van der Waals surface area contributed by atoms with E-state index < -0.39 is 27.6 Å². The van der Waals surface area contributed by atoms with Crippen molar-refractivity contribution in [2.24, 2.45) is 0 Å².